The molecule has 0 spiro atoms. The lowest BCUT2D eigenvalue weighted by Gasteiger charge is -2.27. The van der Waals surface area contributed by atoms with Crippen molar-refractivity contribution in [1.29, 1.82) is 0 Å². The molecule has 1 aromatic rings. The number of amidine groups is 1. The van der Waals surface area contributed by atoms with Crippen LogP contribution in [0.1, 0.15) is 18.9 Å². The molecule has 0 unspecified atom stereocenters. The Kier molecular flexibility index (Phi) is 4.61. The fourth-order valence-corrected chi connectivity index (χ4v) is 6.88. The molecule has 0 bridgehead atoms. The summed E-state index contributed by atoms with van der Waals surface area (Å²) in [6.45, 7) is 1.60. The van der Waals surface area contributed by atoms with Crippen LogP contribution in [0.5, 0.6) is 0 Å². The van der Waals surface area contributed by atoms with E-state index in [-0.39, 0.29) is 28.8 Å². The molecule has 0 radical (unpaired) electrons. The first-order valence-electron chi connectivity index (χ1n) is 7.56. The summed E-state index contributed by atoms with van der Waals surface area (Å²) in [5.41, 5.74) is -1.05. The Bertz CT molecular complexity index is 837. The number of hydrogen-bond donors (Lipinski definition) is 0. The first-order valence-corrected chi connectivity index (χ1v) is 10.3. The van der Waals surface area contributed by atoms with Crippen molar-refractivity contribution >= 4 is 38.4 Å². The van der Waals surface area contributed by atoms with Gasteiger partial charge >= 0.3 is 6.18 Å². The summed E-state index contributed by atoms with van der Waals surface area (Å²) in [5.74, 6) is -0.845. The zero-order chi connectivity index (χ0) is 18.4. The van der Waals surface area contributed by atoms with E-state index in [9.17, 15) is 26.4 Å². The minimum Gasteiger partial charge on any atom is -0.315 e. The van der Waals surface area contributed by atoms with Gasteiger partial charge in [0.1, 0.15) is 0 Å². The summed E-state index contributed by atoms with van der Waals surface area (Å²) in [5, 5.41) is -0.303. The molecular formula is C15H15F3N2O3S2. The van der Waals surface area contributed by atoms with E-state index in [2.05, 4.69) is 4.99 Å². The second kappa shape index (κ2) is 6.31. The average molecular weight is 392 g/mol. The molecule has 25 heavy (non-hydrogen) atoms. The number of carbonyl (C=O) groups excluding carboxylic acids is 1. The van der Waals surface area contributed by atoms with E-state index in [1.165, 1.54) is 23.1 Å². The predicted octanol–water partition coefficient (Wildman–Crippen LogP) is 2.72. The molecular weight excluding hydrogens is 377 g/mol. The molecule has 2 saturated heterocycles. The maximum Gasteiger partial charge on any atom is 0.418 e. The van der Waals surface area contributed by atoms with E-state index >= 15 is 0 Å². The number of rotatable bonds is 2. The van der Waals surface area contributed by atoms with Gasteiger partial charge in [0.15, 0.2) is 15.0 Å². The lowest BCUT2D eigenvalue weighted by atomic mass is 10.1. The van der Waals surface area contributed by atoms with Gasteiger partial charge in [-0.1, -0.05) is 30.8 Å². The van der Waals surface area contributed by atoms with E-state index in [4.69, 9.17) is 0 Å². The number of thioether (sulfide) groups is 1. The highest BCUT2D eigenvalue weighted by Gasteiger charge is 2.51. The predicted molar refractivity (Wildman–Crippen MR) is 90.5 cm³/mol. The third kappa shape index (κ3) is 3.55. The molecule has 1 amide bonds. The summed E-state index contributed by atoms with van der Waals surface area (Å²) >= 11 is 1.06. The fraction of sp³-hybridized carbons (Fsp3) is 0.467. The van der Waals surface area contributed by atoms with Crippen LogP contribution in [0.25, 0.3) is 0 Å². The molecule has 3 rings (SSSR count). The molecule has 5 nitrogen and oxygen atoms in total. The molecule has 2 heterocycles. The number of alkyl halides is 3. The minimum absolute atomic E-state index is 0.118. The summed E-state index contributed by atoms with van der Waals surface area (Å²) in [4.78, 5) is 16.9. The Hall–Kier alpha value is -1.55. The van der Waals surface area contributed by atoms with Crippen LogP contribution in [-0.2, 0) is 20.8 Å². The zero-order valence-electron chi connectivity index (χ0n) is 13.2. The molecule has 2 aliphatic rings. The van der Waals surface area contributed by atoms with Crippen molar-refractivity contribution in [2.45, 2.75) is 30.8 Å². The van der Waals surface area contributed by atoms with E-state index in [0.29, 0.717) is 0 Å². The molecule has 0 N–H and O–H groups in total. The number of carbonyl (C=O) groups is 1. The standard InChI is InChI=1S/C15H15F3N2O3S2/c1-2-13(21)19-14-20(11-7-25(22,23)8-12(11)24-14)10-6-4-3-5-9(10)15(16,17)18/h3-6,11-12H,2,7-8H2,1H3/t11-,12+/m0/s1. The second-order valence-electron chi connectivity index (χ2n) is 5.83. The van der Waals surface area contributed by atoms with Crippen LogP contribution < -0.4 is 4.90 Å². The number of sulfone groups is 1. The van der Waals surface area contributed by atoms with E-state index in [1.54, 1.807) is 6.92 Å². The third-order valence-corrected chi connectivity index (χ3v) is 7.27. The number of aliphatic imine (C=N–C) groups is 1. The SMILES string of the molecule is CCC(=O)N=C1S[C@@H]2CS(=O)(=O)C[C@@H]2N1c1ccccc1C(F)(F)F. The molecule has 0 saturated carbocycles. The van der Waals surface area contributed by atoms with E-state index in [0.717, 1.165) is 17.8 Å². The highest BCUT2D eigenvalue weighted by Crippen LogP contribution is 2.45. The number of fused-ring (bicyclic) bond motifs is 1. The Morgan fingerprint density at radius 1 is 1.32 bits per heavy atom. The molecule has 2 atom stereocenters. The van der Waals surface area contributed by atoms with Crippen molar-refractivity contribution in [3.8, 4) is 0 Å². The number of benzene rings is 1. The van der Waals surface area contributed by atoms with Gasteiger partial charge in [-0.15, -0.1) is 0 Å². The number of amides is 1. The van der Waals surface area contributed by atoms with Crippen LogP contribution in [0.4, 0.5) is 18.9 Å². The summed E-state index contributed by atoms with van der Waals surface area (Å²) < 4.78 is 64.0. The lowest BCUT2D eigenvalue weighted by Crippen LogP contribution is -2.39. The number of anilines is 1. The van der Waals surface area contributed by atoms with Crippen LogP contribution >= 0.6 is 11.8 Å². The van der Waals surface area contributed by atoms with Gasteiger partial charge in [-0.25, -0.2) is 8.42 Å². The molecule has 2 fully saturated rings. The van der Waals surface area contributed by atoms with Gasteiger partial charge in [0.2, 0.25) is 5.91 Å². The summed E-state index contributed by atoms with van der Waals surface area (Å²) in [6, 6.07) is 4.28. The Morgan fingerprint density at radius 3 is 2.64 bits per heavy atom. The smallest absolute Gasteiger partial charge is 0.315 e. The number of para-hydroxylation sites is 1. The van der Waals surface area contributed by atoms with Crippen molar-refractivity contribution in [3.05, 3.63) is 29.8 Å². The molecule has 136 valence electrons. The molecule has 10 heteroatoms. The van der Waals surface area contributed by atoms with Crippen LogP contribution in [0.2, 0.25) is 0 Å². The van der Waals surface area contributed by atoms with Crippen LogP contribution in [0.3, 0.4) is 0 Å². The third-order valence-electron chi connectivity index (χ3n) is 4.06. The molecule has 1 aromatic carbocycles. The average Bonchev–Trinajstić information content (AvgIpc) is 2.97. The zero-order valence-corrected chi connectivity index (χ0v) is 14.8. The molecule has 0 aliphatic carbocycles. The highest BCUT2D eigenvalue weighted by molar-refractivity contribution is 8.16. The van der Waals surface area contributed by atoms with E-state index in [1.807, 2.05) is 0 Å². The van der Waals surface area contributed by atoms with Crippen LogP contribution in [-0.4, -0.2) is 42.3 Å². The Labute approximate surface area is 147 Å². The lowest BCUT2D eigenvalue weighted by molar-refractivity contribution is -0.137. The van der Waals surface area contributed by atoms with Gasteiger partial charge in [0, 0.05) is 11.7 Å². The number of nitrogens with zero attached hydrogens (tertiary/aromatic N) is 2. The van der Waals surface area contributed by atoms with Gasteiger partial charge in [-0.2, -0.15) is 18.2 Å². The number of hydrogen-bond acceptors (Lipinski definition) is 4. The largest absolute Gasteiger partial charge is 0.418 e. The van der Waals surface area contributed by atoms with E-state index < -0.39 is 38.8 Å². The summed E-state index contributed by atoms with van der Waals surface area (Å²) in [7, 11) is -3.34. The van der Waals surface area contributed by atoms with Gasteiger partial charge in [-0.3, -0.25) is 4.79 Å². The Balaban J connectivity index is 2.12. The van der Waals surface area contributed by atoms with Crippen LogP contribution in [0, 0.1) is 0 Å². The van der Waals surface area contributed by atoms with Crippen molar-refractivity contribution < 1.29 is 26.4 Å². The monoisotopic (exact) mass is 392 g/mol. The maximum atomic E-state index is 13.4. The first kappa shape index (κ1) is 18.2. The minimum atomic E-state index is -4.60. The normalized spacial score (nSPS) is 26.9. The van der Waals surface area contributed by atoms with Crippen molar-refractivity contribution in [2.24, 2.45) is 4.99 Å². The number of halogens is 3. The first-order chi connectivity index (χ1) is 11.6. The topological polar surface area (TPSA) is 66.8 Å². The van der Waals surface area contributed by atoms with Crippen molar-refractivity contribution in [2.75, 3.05) is 16.4 Å². The molecule has 2 aliphatic heterocycles. The highest BCUT2D eigenvalue weighted by atomic mass is 32.2. The second-order valence-corrected chi connectivity index (χ2v) is 9.19. The fourth-order valence-electron chi connectivity index (χ4n) is 2.96. The van der Waals surface area contributed by atoms with Gasteiger partial charge in [0.25, 0.3) is 0 Å². The van der Waals surface area contributed by atoms with Crippen molar-refractivity contribution in [3.63, 3.8) is 0 Å². The van der Waals surface area contributed by atoms with Gasteiger partial charge in [-0.05, 0) is 12.1 Å². The molecule has 0 aromatic heterocycles. The maximum absolute atomic E-state index is 13.4. The quantitative estimate of drug-likeness (QED) is 0.774. The van der Waals surface area contributed by atoms with Crippen LogP contribution in [0.15, 0.2) is 29.3 Å². The Morgan fingerprint density at radius 2 is 2.00 bits per heavy atom. The van der Waals surface area contributed by atoms with Crippen molar-refractivity contribution in [1.82, 2.24) is 0 Å². The van der Waals surface area contributed by atoms with Gasteiger partial charge in [0.05, 0.1) is 28.8 Å². The van der Waals surface area contributed by atoms with Gasteiger partial charge < -0.3 is 4.90 Å². The summed E-state index contributed by atoms with van der Waals surface area (Å²) in [6.07, 6.45) is -4.48.